The van der Waals surface area contributed by atoms with Crippen LogP contribution in [0.5, 0.6) is 0 Å². The van der Waals surface area contributed by atoms with Crippen molar-refractivity contribution in [3.8, 4) is 0 Å². The van der Waals surface area contributed by atoms with Crippen LogP contribution in [0.15, 0.2) is 18.7 Å². The van der Waals surface area contributed by atoms with Gasteiger partial charge in [0.25, 0.3) is 0 Å². The summed E-state index contributed by atoms with van der Waals surface area (Å²) in [5.74, 6) is -1.17. The average Bonchev–Trinajstić information content (AvgIpc) is 2.69. The average molecular weight is 217 g/mol. The van der Waals surface area contributed by atoms with Gasteiger partial charge in [-0.3, -0.25) is 0 Å². The molecule has 0 aromatic carbocycles. The van der Waals surface area contributed by atoms with E-state index < -0.39 is 12.1 Å². The van der Waals surface area contributed by atoms with Crippen molar-refractivity contribution in [3.05, 3.63) is 25.1 Å². The molecule has 15 heavy (non-hydrogen) atoms. The number of hydrogen-bond donors (Lipinski definition) is 0. The first-order valence-electron chi connectivity index (χ1n) is 4.95. The molecule has 0 saturated heterocycles. The lowest BCUT2D eigenvalue weighted by atomic mass is 9.85. The summed E-state index contributed by atoms with van der Waals surface area (Å²) in [6.45, 7) is 0. The van der Waals surface area contributed by atoms with Gasteiger partial charge in [0.2, 0.25) is 0 Å². The first-order valence-corrected chi connectivity index (χ1v) is 4.95. The molecule has 1 aliphatic rings. The normalized spacial score (nSPS) is 27.9. The molecule has 1 aromatic rings. The van der Waals surface area contributed by atoms with Crippen LogP contribution in [-0.2, 0) is 0 Å². The number of aromatic nitrogens is 2. The van der Waals surface area contributed by atoms with Gasteiger partial charge in [0.05, 0.1) is 12.2 Å². The van der Waals surface area contributed by atoms with E-state index in [1.54, 1.807) is 23.3 Å². The molecule has 1 unspecified atom stereocenters. The third kappa shape index (κ3) is 2.33. The van der Waals surface area contributed by atoms with E-state index in [1.807, 2.05) is 6.42 Å². The molecule has 0 N–H and O–H groups in total. The van der Waals surface area contributed by atoms with Crippen LogP contribution in [0.3, 0.4) is 0 Å². The summed E-state index contributed by atoms with van der Waals surface area (Å²) in [5.41, 5.74) is 0. The maximum absolute atomic E-state index is 12.5. The Balaban J connectivity index is 2.05. The summed E-state index contributed by atoms with van der Waals surface area (Å²) in [5, 5.41) is 0. The van der Waals surface area contributed by atoms with Crippen LogP contribution < -0.4 is 0 Å². The Morgan fingerprint density at radius 1 is 1.33 bits per heavy atom. The molecule has 2 rings (SSSR count). The van der Waals surface area contributed by atoms with Gasteiger partial charge < -0.3 is 4.57 Å². The predicted molar refractivity (Wildman–Crippen MR) is 49.0 cm³/mol. The van der Waals surface area contributed by atoms with Crippen molar-refractivity contribution in [1.82, 2.24) is 9.55 Å². The highest BCUT2D eigenvalue weighted by Crippen LogP contribution is 2.41. The zero-order valence-corrected chi connectivity index (χ0v) is 8.11. The monoisotopic (exact) mass is 217 g/mol. The van der Waals surface area contributed by atoms with Gasteiger partial charge in [0, 0.05) is 18.4 Å². The number of imidazole rings is 1. The Hall–Kier alpha value is -1.00. The number of alkyl halides is 3. The van der Waals surface area contributed by atoms with Crippen LogP contribution in [-0.4, -0.2) is 15.7 Å². The van der Waals surface area contributed by atoms with Gasteiger partial charge in [0.15, 0.2) is 0 Å². The molecule has 2 nitrogen and oxygen atoms in total. The zero-order chi connectivity index (χ0) is 10.9. The predicted octanol–water partition coefficient (Wildman–Crippen LogP) is 2.99. The Kier molecular flexibility index (Phi) is 2.71. The topological polar surface area (TPSA) is 17.8 Å². The zero-order valence-electron chi connectivity index (χ0n) is 8.11. The highest BCUT2D eigenvalue weighted by molar-refractivity contribution is 4.94. The lowest BCUT2D eigenvalue weighted by Gasteiger charge is -2.30. The molecule has 1 radical (unpaired) electrons. The fourth-order valence-electron chi connectivity index (χ4n) is 2.00. The quantitative estimate of drug-likeness (QED) is 0.707. The van der Waals surface area contributed by atoms with Crippen LogP contribution in [0.25, 0.3) is 0 Å². The van der Waals surface area contributed by atoms with Crippen LogP contribution >= 0.6 is 0 Å². The Morgan fingerprint density at radius 2 is 2.13 bits per heavy atom. The SMILES string of the molecule is FC(F)(F)[C@H]1CC[CH]C(n2ccnc2)C1. The summed E-state index contributed by atoms with van der Waals surface area (Å²) in [6.07, 6.45) is 3.61. The molecular formula is C10H12F3N2. The maximum Gasteiger partial charge on any atom is 0.391 e. The first-order chi connectivity index (χ1) is 7.07. The van der Waals surface area contributed by atoms with Gasteiger partial charge in [-0.15, -0.1) is 0 Å². The smallest absolute Gasteiger partial charge is 0.334 e. The van der Waals surface area contributed by atoms with E-state index in [0.717, 1.165) is 0 Å². The van der Waals surface area contributed by atoms with Crippen LogP contribution in [0.1, 0.15) is 25.3 Å². The Morgan fingerprint density at radius 3 is 2.73 bits per heavy atom. The summed E-state index contributed by atoms with van der Waals surface area (Å²) in [6, 6.07) is -0.159. The summed E-state index contributed by atoms with van der Waals surface area (Å²) in [7, 11) is 0. The minimum absolute atomic E-state index is 0.139. The molecule has 0 amide bonds. The molecule has 1 aliphatic carbocycles. The summed E-state index contributed by atoms with van der Waals surface area (Å²) < 4.78 is 39.3. The van der Waals surface area contributed by atoms with Gasteiger partial charge in [-0.2, -0.15) is 13.2 Å². The Bertz CT molecular complexity index is 305. The van der Waals surface area contributed by atoms with E-state index in [1.165, 1.54) is 0 Å². The van der Waals surface area contributed by atoms with Crippen molar-refractivity contribution in [2.75, 3.05) is 0 Å². The van der Waals surface area contributed by atoms with E-state index >= 15 is 0 Å². The van der Waals surface area contributed by atoms with Gasteiger partial charge in [-0.25, -0.2) is 4.98 Å². The van der Waals surface area contributed by atoms with Crippen LogP contribution in [0.2, 0.25) is 0 Å². The highest BCUT2D eigenvalue weighted by Gasteiger charge is 2.42. The van der Waals surface area contributed by atoms with Crippen molar-refractivity contribution in [2.24, 2.45) is 5.92 Å². The molecular weight excluding hydrogens is 205 g/mol. The van der Waals surface area contributed by atoms with Gasteiger partial charge in [0.1, 0.15) is 0 Å². The maximum atomic E-state index is 12.5. The van der Waals surface area contributed by atoms with Crippen molar-refractivity contribution in [3.63, 3.8) is 0 Å². The van der Waals surface area contributed by atoms with E-state index in [4.69, 9.17) is 0 Å². The summed E-state index contributed by atoms with van der Waals surface area (Å²) >= 11 is 0. The van der Waals surface area contributed by atoms with Gasteiger partial charge in [-0.1, -0.05) is 0 Å². The number of hydrogen-bond acceptors (Lipinski definition) is 1. The first kappa shape index (κ1) is 10.5. The molecule has 0 bridgehead atoms. The molecule has 1 heterocycles. The second-order valence-electron chi connectivity index (χ2n) is 3.86. The van der Waals surface area contributed by atoms with E-state index in [2.05, 4.69) is 4.98 Å². The lowest BCUT2D eigenvalue weighted by Crippen LogP contribution is -2.29. The third-order valence-corrected chi connectivity index (χ3v) is 2.85. The van der Waals surface area contributed by atoms with Crippen molar-refractivity contribution in [2.45, 2.75) is 31.5 Å². The van der Waals surface area contributed by atoms with E-state index in [-0.39, 0.29) is 18.9 Å². The highest BCUT2D eigenvalue weighted by atomic mass is 19.4. The summed E-state index contributed by atoms with van der Waals surface area (Å²) in [4.78, 5) is 3.85. The molecule has 5 heteroatoms. The molecule has 83 valence electrons. The van der Waals surface area contributed by atoms with E-state index in [0.29, 0.717) is 6.42 Å². The lowest BCUT2D eigenvalue weighted by molar-refractivity contribution is -0.182. The van der Waals surface area contributed by atoms with Gasteiger partial charge >= 0.3 is 6.18 Å². The van der Waals surface area contributed by atoms with Crippen LogP contribution in [0.4, 0.5) is 13.2 Å². The van der Waals surface area contributed by atoms with Crippen LogP contribution in [0, 0.1) is 12.3 Å². The standard InChI is InChI=1S/C10H12F3N2/c11-10(12,13)8-2-1-3-9(6-8)15-5-4-14-7-15/h3-5,7-9H,1-2,6H2/t8-,9?/m0/s1. The largest absolute Gasteiger partial charge is 0.391 e. The minimum Gasteiger partial charge on any atom is -0.334 e. The third-order valence-electron chi connectivity index (χ3n) is 2.85. The molecule has 1 aromatic heterocycles. The molecule has 1 saturated carbocycles. The van der Waals surface area contributed by atoms with Crippen molar-refractivity contribution >= 4 is 0 Å². The van der Waals surface area contributed by atoms with Crippen molar-refractivity contribution in [1.29, 1.82) is 0 Å². The fraction of sp³-hybridized carbons (Fsp3) is 0.600. The van der Waals surface area contributed by atoms with E-state index in [9.17, 15) is 13.2 Å². The second-order valence-corrected chi connectivity index (χ2v) is 3.86. The number of halogens is 3. The second kappa shape index (κ2) is 3.87. The molecule has 1 fully saturated rings. The molecule has 0 spiro atoms. The molecule has 2 atom stereocenters. The fourth-order valence-corrected chi connectivity index (χ4v) is 2.00. The molecule has 0 aliphatic heterocycles. The van der Waals surface area contributed by atoms with Gasteiger partial charge in [-0.05, 0) is 25.7 Å². The minimum atomic E-state index is -4.06. The number of nitrogens with zero attached hydrogens (tertiary/aromatic N) is 2. The van der Waals surface area contributed by atoms with Crippen molar-refractivity contribution < 1.29 is 13.2 Å². The number of rotatable bonds is 1. The Labute approximate surface area is 86.1 Å².